The molecule has 1 aromatic heterocycles. The zero-order valence-corrected chi connectivity index (χ0v) is 17.8. The Balaban J connectivity index is 2.05. The normalized spacial score (nSPS) is 12.2. The highest BCUT2D eigenvalue weighted by atomic mass is 15.0. The summed E-state index contributed by atoms with van der Waals surface area (Å²) in [6.07, 6.45) is 3.44. The molecule has 0 saturated heterocycles. The van der Waals surface area contributed by atoms with E-state index in [1.165, 1.54) is 50.6 Å². The van der Waals surface area contributed by atoms with Crippen molar-refractivity contribution in [3.05, 3.63) is 77.4 Å². The minimum Gasteiger partial charge on any atom is -0.309 e. The molecule has 4 aromatic rings. The van der Waals surface area contributed by atoms with Crippen LogP contribution >= 0.6 is 0 Å². The van der Waals surface area contributed by atoms with Gasteiger partial charge in [-0.1, -0.05) is 63.9 Å². The molecular formula is C27H31N. The molecule has 0 atom stereocenters. The lowest BCUT2D eigenvalue weighted by Crippen LogP contribution is -2.15. The third kappa shape index (κ3) is 3.13. The number of hydrogen-bond donors (Lipinski definition) is 0. The van der Waals surface area contributed by atoms with Crippen LogP contribution in [-0.4, -0.2) is 4.57 Å². The summed E-state index contributed by atoms with van der Waals surface area (Å²) < 4.78 is 2.42. The molecule has 1 nitrogen and oxygen atoms in total. The molecule has 0 N–H and O–H groups in total. The molecule has 0 aliphatic carbocycles. The summed E-state index contributed by atoms with van der Waals surface area (Å²) in [5, 5.41) is 2.74. The Labute approximate surface area is 169 Å². The first-order valence-corrected chi connectivity index (χ1v) is 10.6. The molecule has 0 fully saturated rings. The van der Waals surface area contributed by atoms with Crippen molar-refractivity contribution in [3.63, 3.8) is 0 Å². The maximum atomic E-state index is 2.43. The Morgan fingerprint density at radius 2 is 1.43 bits per heavy atom. The smallest absolute Gasteiger partial charge is 0.0541 e. The van der Waals surface area contributed by atoms with Crippen LogP contribution in [0.3, 0.4) is 0 Å². The topological polar surface area (TPSA) is 4.93 Å². The van der Waals surface area contributed by atoms with E-state index in [1.54, 1.807) is 0 Å². The number of aromatic nitrogens is 1. The van der Waals surface area contributed by atoms with E-state index >= 15 is 0 Å². The van der Waals surface area contributed by atoms with Crippen molar-refractivity contribution >= 4 is 21.8 Å². The fourth-order valence-electron chi connectivity index (χ4n) is 4.11. The Kier molecular flexibility index (Phi) is 4.79. The van der Waals surface area contributed by atoms with Gasteiger partial charge >= 0.3 is 0 Å². The lowest BCUT2D eigenvalue weighted by atomic mass is 9.82. The van der Waals surface area contributed by atoms with Gasteiger partial charge in [-0.3, -0.25) is 0 Å². The van der Waals surface area contributed by atoms with Crippen LogP contribution in [0.15, 0.2) is 60.7 Å². The molecule has 1 heterocycles. The summed E-state index contributed by atoms with van der Waals surface area (Å²) >= 11 is 0. The first-order chi connectivity index (χ1) is 13.4. The first-order valence-electron chi connectivity index (χ1n) is 10.6. The molecule has 0 aliphatic rings. The Bertz CT molecular complexity index is 1130. The quantitative estimate of drug-likeness (QED) is 0.339. The Hall–Kier alpha value is -2.54. The summed E-state index contributed by atoms with van der Waals surface area (Å²) in [7, 11) is 0. The lowest BCUT2D eigenvalue weighted by Gasteiger charge is -2.23. The molecule has 0 unspecified atom stereocenters. The van der Waals surface area contributed by atoms with E-state index in [-0.39, 0.29) is 5.41 Å². The monoisotopic (exact) mass is 369 g/mol. The molecule has 4 rings (SSSR count). The van der Waals surface area contributed by atoms with Gasteiger partial charge in [-0.15, -0.1) is 0 Å². The first kappa shape index (κ1) is 18.8. The minimum atomic E-state index is 0.188. The third-order valence-corrected chi connectivity index (χ3v) is 6.33. The molecule has 28 heavy (non-hydrogen) atoms. The highest BCUT2D eigenvalue weighted by Gasteiger charge is 2.20. The van der Waals surface area contributed by atoms with Crippen molar-refractivity contribution in [2.75, 3.05) is 0 Å². The second-order valence-corrected chi connectivity index (χ2v) is 8.74. The number of fused-ring (bicyclic) bond motifs is 3. The van der Waals surface area contributed by atoms with Crippen LogP contribution in [0.5, 0.6) is 0 Å². The van der Waals surface area contributed by atoms with Gasteiger partial charge in [0.2, 0.25) is 0 Å². The van der Waals surface area contributed by atoms with Crippen molar-refractivity contribution in [2.45, 2.75) is 59.3 Å². The predicted octanol–water partition coefficient (Wildman–Crippen LogP) is 7.73. The number of aryl methyl sites for hydroxylation is 2. The Morgan fingerprint density at radius 1 is 0.786 bits per heavy atom. The zero-order chi connectivity index (χ0) is 19.9. The van der Waals surface area contributed by atoms with Crippen molar-refractivity contribution in [1.29, 1.82) is 0 Å². The number of benzene rings is 3. The van der Waals surface area contributed by atoms with E-state index in [9.17, 15) is 0 Å². The fraction of sp³-hybridized carbons (Fsp3) is 0.333. The highest BCUT2D eigenvalue weighted by Crippen LogP contribution is 2.36. The van der Waals surface area contributed by atoms with Crippen molar-refractivity contribution < 1.29 is 0 Å². The van der Waals surface area contributed by atoms with E-state index < -0.39 is 0 Å². The number of rotatable bonds is 5. The third-order valence-electron chi connectivity index (χ3n) is 6.33. The van der Waals surface area contributed by atoms with Gasteiger partial charge < -0.3 is 4.57 Å². The minimum absolute atomic E-state index is 0.188. The maximum absolute atomic E-state index is 2.43. The molecule has 0 spiro atoms. The summed E-state index contributed by atoms with van der Waals surface area (Å²) in [5.74, 6) is 0. The van der Waals surface area contributed by atoms with Crippen LogP contribution in [0.1, 0.15) is 57.2 Å². The zero-order valence-electron chi connectivity index (χ0n) is 17.8. The van der Waals surface area contributed by atoms with E-state index in [0.717, 1.165) is 12.8 Å². The molecule has 0 radical (unpaired) electrons. The van der Waals surface area contributed by atoms with Crippen LogP contribution < -0.4 is 0 Å². The molecule has 0 bridgehead atoms. The molecule has 3 aromatic carbocycles. The highest BCUT2D eigenvalue weighted by molar-refractivity contribution is 6.09. The molecule has 144 valence electrons. The van der Waals surface area contributed by atoms with Crippen LogP contribution in [0.25, 0.3) is 27.5 Å². The van der Waals surface area contributed by atoms with Gasteiger partial charge in [0, 0.05) is 16.5 Å². The van der Waals surface area contributed by atoms with Gasteiger partial charge in [0.1, 0.15) is 0 Å². The van der Waals surface area contributed by atoms with Gasteiger partial charge in [0.05, 0.1) is 11.0 Å². The summed E-state index contributed by atoms with van der Waals surface area (Å²) in [6, 6.07) is 23.0. The number of hydrogen-bond acceptors (Lipinski definition) is 0. The Morgan fingerprint density at radius 3 is 2.07 bits per heavy atom. The van der Waals surface area contributed by atoms with E-state index in [0.29, 0.717) is 0 Å². The van der Waals surface area contributed by atoms with Gasteiger partial charge in [0.15, 0.2) is 0 Å². The van der Waals surface area contributed by atoms with Gasteiger partial charge in [-0.05, 0) is 72.7 Å². The molecule has 1 heteroatoms. The standard InChI is InChI=1S/C27H31N/c1-6-8-20-11-15-25-23(17-20)24-18-21(27(4,5)7-2)12-16-26(24)28(25)22-13-9-19(3)10-14-22/h9-18H,6-8H2,1-5H3. The summed E-state index contributed by atoms with van der Waals surface area (Å²) in [5.41, 5.74) is 8.16. The molecule has 0 saturated carbocycles. The van der Waals surface area contributed by atoms with Crippen LogP contribution in [0.4, 0.5) is 0 Å². The maximum Gasteiger partial charge on any atom is 0.0541 e. The molecular weight excluding hydrogens is 338 g/mol. The van der Waals surface area contributed by atoms with E-state index in [4.69, 9.17) is 0 Å². The number of nitrogens with zero attached hydrogens (tertiary/aromatic N) is 1. The predicted molar refractivity (Wildman–Crippen MR) is 123 cm³/mol. The largest absolute Gasteiger partial charge is 0.309 e. The summed E-state index contributed by atoms with van der Waals surface area (Å²) in [4.78, 5) is 0. The summed E-state index contributed by atoms with van der Waals surface area (Å²) in [6.45, 7) is 11.4. The van der Waals surface area contributed by atoms with E-state index in [1.807, 2.05) is 0 Å². The van der Waals surface area contributed by atoms with Crippen molar-refractivity contribution in [1.82, 2.24) is 4.57 Å². The second-order valence-electron chi connectivity index (χ2n) is 8.74. The van der Waals surface area contributed by atoms with Gasteiger partial charge in [0.25, 0.3) is 0 Å². The average Bonchev–Trinajstić information content (AvgIpc) is 3.02. The van der Waals surface area contributed by atoms with Gasteiger partial charge in [-0.2, -0.15) is 0 Å². The van der Waals surface area contributed by atoms with Crippen molar-refractivity contribution in [2.24, 2.45) is 0 Å². The van der Waals surface area contributed by atoms with Gasteiger partial charge in [-0.25, -0.2) is 0 Å². The second kappa shape index (κ2) is 7.13. The van der Waals surface area contributed by atoms with Crippen LogP contribution in [-0.2, 0) is 11.8 Å². The lowest BCUT2D eigenvalue weighted by molar-refractivity contribution is 0.507. The van der Waals surface area contributed by atoms with E-state index in [2.05, 4.69) is 99.8 Å². The van der Waals surface area contributed by atoms with Crippen LogP contribution in [0, 0.1) is 6.92 Å². The SMILES string of the molecule is CCCc1ccc2c(c1)c1cc(C(C)(C)CC)ccc1n2-c1ccc(C)cc1. The van der Waals surface area contributed by atoms with Crippen LogP contribution in [0.2, 0.25) is 0 Å². The average molecular weight is 370 g/mol. The fourth-order valence-corrected chi connectivity index (χ4v) is 4.11. The van der Waals surface area contributed by atoms with Crippen molar-refractivity contribution in [3.8, 4) is 5.69 Å². The molecule has 0 aliphatic heterocycles. The molecule has 0 amide bonds.